The maximum Gasteiger partial charge on any atom is 0.414 e. The molecular formula is C14H22N2O2. The van der Waals surface area contributed by atoms with Gasteiger partial charge in [-0.2, -0.15) is 0 Å². The van der Waals surface area contributed by atoms with Crippen LogP contribution in [0, 0.1) is 0 Å². The molecule has 0 bridgehead atoms. The molecule has 0 radical (unpaired) electrons. The molecule has 18 heavy (non-hydrogen) atoms. The fraction of sp³-hybridized carbons (Fsp3) is 0.500. The minimum Gasteiger partial charge on any atom is -0.443 e. The molecule has 0 saturated heterocycles. The molecule has 0 fully saturated rings. The molecule has 4 nitrogen and oxygen atoms in total. The molecule has 1 amide bonds. The maximum atomic E-state index is 12.1. The third-order valence-corrected chi connectivity index (χ3v) is 2.27. The van der Waals surface area contributed by atoms with E-state index in [1.54, 1.807) is 4.90 Å². The second-order valence-corrected chi connectivity index (χ2v) is 5.11. The number of hydrogen-bond donors (Lipinski definition) is 1. The molecular weight excluding hydrogens is 228 g/mol. The molecule has 100 valence electrons. The second-order valence-electron chi connectivity index (χ2n) is 5.11. The van der Waals surface area contributed by atoms with Gasteiger partial charge in [0.1, 0.15) is 5.60 Å². The zero-order chi connectivity index (χ0) is 13.6. The predicted octanol–water partition coefficient (Wildman–Crippen LogP) is 2.78. The lowest BCUT2D eigenvalue weighted by molar-refractivity contribution is 0.0580. The van der Waals surface area contributed by atoms with E-state index in [9.17, 15) is 4.79 Å². The van der Waals surface area contributed by atoms with Crippen molar-refractivity contribution in [2.45, 2.75) is 32.8 Å². The van der Waals surface area contributed by atoms with Crippen molar-refractivity contribution in [1.82, 2.24) is 0 Å². The van der Waals surface area contributed by atoms with E-state index in [1.807, 2.05) is 51.1 Å². The van der Waals surface area contributed by atoms with Crippen molar-refractivity contribution in [1.29, 1.82) is 0 Å². The number of para-hydroxylation sites is 1. The lowest BCUT2D eigenvalue weighted by Crippen LogP contribution is -2.38. The minimum absolute atomic E-state index is 0.331. The van der Waals surface area contributed by atoms with Crippen LogP contribution in [-0.4, -0.2) is 24.8 Å². The zero-order valence-corrected chi connectivity index (χ0v) is 11.3. The van der Waals surface area contributed by atoms with Gasteiger partial charge in [-0.05, 0) is 45.9 Å². The number of benzene rings is 1. The van der Waals surface area contributed by atoms with Gasteiger partial charge < -0.3 is 10.5 Å². The lowest BCUT2D eigenvalue weighted by Gasteiger charge is -2.27. The quantitative estimate of drug-likeness (QED) is 0.894. The van der Waals surface area contributed by atoms with Crippen molar-refractivity contribution in [3.05, 3.63) is 30.3 Å². The van der Waals surface area contributed by atoms with Crippen molar-refractivity contribution >= 4 is 11.8 Å². The summed E-state index contributed by atoms with van der Waals surface area (Å²) in [5.74, 6) is 0. The molecule has 4 heteroatoms. The van der Waals surface area contributed by atoms with Crippen molar-refractivity contribution < 1.29 is 9.53 Å². The molecule has 0 saturated carbocycles. The van der Waals surface area contributed by atoms with E-state index >= 15 is 0 Å². The Hall–Kier alpha value is -1.55. The van der Waals surface area contributed by atoms with E-state index in [0.29, 0.717) is 13.1 Å². The Labute approximate surface area is 109 Å². The van der Waals surface area contributed by atoms with E-state index in [2.05, 4.69) is 0 Å². The van der Waals surface area contributed by atoms with Crippen LogP contribution in [-0.2, 0) is 4.74 Å². The van der Waals surface area contributed by atoms with E-state index in [-0.39, 0.29) is 6.09 Å². The topological polar surface area (TPSA) is 55.6 Å². The summed E-state index contributed by atoms with van der Waals surface area (Å²) in [6.07, 6.45) is 0.413. The average molecular weight is 250 g/mol. The summed E-state index contributed by atoms with van der Waals surface area (Å²) in [6.45, 7) is 6.69. The molecule has 1 rings (SSSR count). The molecule has 0 atom stereocenters. The number of nitrogens with two attached hydrogens (primary N) is 1. The minimum atomic E-state index is -0.493. The van der Waals surface area contributed by atoms with Gasteiger partial charge >= 0.3 is 6.09 Å². The van der Waals surface area contributed by atoms with Crippen LogP contribution in [0.25, 0.3) is 0 Å². The lowest BCUT2D eigenvalue weighted by atomic mass is 10.2. The monoisotopic (exact) mass is 250 g/mol. The summed E-state index contributed by atoms with van der Waals surface area (Å²) in [5, 5.41) is 0. The van der Waals surface area contributed by atoms with Crippen molar-refractivity contribution in [3.8, 4) is 0 Å². The Morgan fingerprint density at radius 3 is 2.39 bits per heavy atom. The standard InChI is InChI=1S/C14H22N2O2/c1-14(2,3)18-13(17)16(11-7-10-15)12-8-5-4-6-9-12/h4-6,8-9H,7,10-11,15H2,1-3H3. The Morgan fingerprint density at radius 1 is 1.28 bits per heavy atom. The molecule has 1 aromatic rings. The number of carbonyl (C=O) groups is 1. The van der Waals surface area contributed by atoms with Gasteiger partial charge in [0, 0.05) is 12.2 Å². The van der Waals surface area contributed by atoms with Gasteiger partial charge in [-0.1, -0.05) is 18.2 Å². The molecule has 0 aromatic heterocycles. The molecule has 0 aliphatic rings. The van der Waals surface area contributed by atoms with Gasteiger partial charge in [0.15, 0.2) is 0 Å². The predicted molar refractivity (Wildman–Crippen MR) is 73.7 cm³/mol. The van der Waals surface area contributed by atoms with Crippen LogP contribution in [0.4, 0.5) is 10.5 Å². The van der Waals surface area contributed by atoms with Gasteiger partial charge in [0.2, 0.25) is 0 Å². The Morgan fingerprint density at radius 2 is 1.89 bits per heavy atom. The molecule has 2 N–H and O–H groups in total. The fourth-order valence-corrected chi connectivity index (χ4v) is 1.50. The van der Waals surface area contributed by atoms with Crippen molar-refractivity contribution in [2.75, 3.05) is 18.0 Å². The van der Waals surface area contributed by atoms with Crippen molar-refractivity contribution in [2.24, 2.45) is 5.73 Å². The van der Waals surface area contributed by atoms with Gasteiger partial charge in [-0.3, -0.25) is 4.90 Å². The highest BCUT2D eigenvalue weighted by molar-refractivity contribution is 5.87. The molecule has 0 aliphatic heterocycles. The van der Waals surface area contributed by atoms with Gasteiger partial charge in [0.25, 0.3) is 0 Å². The number of rotatable bonds is 4. The van der Waals surface area contributed by atoms with Crippen molar-refractivity contribution in [3.63, 3.8) is 0 Å². The summed E-state index contributed by atoms with van der Waals surface area (Å²) < 4.78 is 5.40. The van der Waals surface area contributed by atoms with Crippen LogP contribution in [0.3, 0.4) is 0 Å². The molecule has 0 unspecified atom stereocenters. The Kier molecular flexibility index (Phi) is 5.16. The first kappa shape index (κ1) is 14.5. The second kappa shape index (κ2) is 6.40. The molecule has 0 spiro atoms. The number of amides is 1. The summed E-state index contributed by atoms with van der Waals surface area (Å²) >= 11 is 0. The van der Waals surface area contributed by atoms with Gasteiger partial charge in [-0.15, -0.1) is 0 Å². The Balaban J connectivity index is 2.82. The average Bonchev–Trinajstić information content (AvgIpc) is 2.28. The third kappa shape index (κ3) is 4.75. The highest BCUT2D eigenvalue weighted by Gasteiger charge is 2.22. The SMILES string of the molecule is CC(C)(C)OC(=O)N(CCCN)c1ccccc1. The number of anilines is 1. The number of hydrogen-bond acceptors (Lipinski definition) is 3. The highest BCUT2D eigenvalue weighted by Crippen LogP contribution is 2.18. The molecule has 1 aromatic carbocycles. The first-order valence-electron chi connectivity index (χ1n) is 6.19. The smallest absolute Gasteiger partial charge is 0.414 e. The number of ether oxygens (including phenoxy) is 1. The van der Waals surface area contributed by atoms with E-state index < -0.39 is 5.60 Å². The maximum absolute atomic E-state index is 12.1. The van der Waals surface area contributed by atoms with Crippen LogP contribution >= 0.6 is 0 Å². The fourth-order valence-electron chi connectivity index (χ4n) is 1.50. The molecule has 0 aliphatic carbocycles. The normalized spacial score (nSPS) is 11.1. The summed E-state index contributed by atoms with van der Waals surface area (Å²) in [7, 11) is 0. The number of carbonyl (C=O) groups excluding carboxylic acids is 1. The largest absolute Gasteiger partial charge is 0.443 e. The van der Waals surface area contributed by atoms with E-state index in [4.69, 9.17) is 10.5 Å². The van der Waals surface area contributed by atoms with Crippen LogP contribution in [0.2, 0.25) is 0 Å². The first-order valence-corrected chi connectivity index (χ1v) is 6.19. The van der Waals surface area contributed by atoms with Gasteiger partial charge in [0.05, 0.1) is 0 Å². The van der Waals surface area contributed by atoms with Crippen LogP contribution < -0.4 is 10.6 Å². The molecule has 0 heterocycles. The zero-order valence-electron chi connectivity index (χ0n) is 11.3. The van der Waals surface area contributed by atoms with E-state index in [0.717, 1.165) is 12.1 Å². The van der Waals surface area contributed by atoms with Crippen LogP contribution in [0.15, 0.2) is 30.3 Å². The number of nitrogens with zero attached hydrogens (tertiary/aromatic N) is 1. The summed E-state index contributed by atoms with van der Waals surface area (Å²) in [4.78, 5) is 13.8. The highest BCUT2D eigenvalue weighted by atomic mass is 16.6. The summed E-state index contributed by atoms with van der Waals surface area (Å²) in [6, 6.07) is 9.49. The van der Waals surface area contributed by atoms with E-state index in [1.165, 1.54) is 0 Å². The Bertz CT molecular complexity index is 371. The van der Waals surface area contributed by atoms with Gasteiger partial charge in [-0.25, -0.2) is 4.79 Å². The van der Waals surface area contributed by atoms with Crippen LogP contribution in [0.1, 0.15) is 27.2 Å². The van der Waals surface area contributed by atoms with Crippen LogP contribution in [0.5, 0.6) is 0 Å². The third-order valence-electron chi connectivity index (χ3n) is 2.27. The summed E-state index contributed by atoms with van der Waals surface area (Å²) in [5.41, 5.74) is 5.84. The first-order chi connectivity index (χ1) is 8.44.